The molecule has 2 aromatic rings. The summed E-state index contributed by atoms with van der Waals surface area (Å²) in [6.07, 6.45) is 3.46. The Morgan fingerprint density at radius 3 is 2.68 bits per heavy atom. The molecule has 3 aliphatic heterocycles. The lowest BCUT2D eigenvalue weighted by molar-refractivity contribution is 0.00814. The fourth-order valence-electron chi connectivity index (χ4n) is 4.25. The van der Waals surface area contributed by atoms with Gasteiger partial charge in [-0.05, 0) is 13.0 Å². The lowest BCUT2D eigenvalue weighted by Gasteiger charge is -2.60. The normalized spacial score (nSPS) is 22.2. The first-order valence-electron chi connectivity index (χ1n) is 9.18. The molecule has 28 heavy (non-hydrogen) atoms. The predicted molar refractivity (Wildman–Crippen MR) is 102 cm³/mol. The van der Waals surface area contributed by atoms with Crippen molar-refractivity contribution in [3.05, 3.63) is 41.4 Å². The van der Waals surface area contributed by atoms with Crippen molar-refractivity contribution < 1.29 is 13.9 Å². The zero-order valence-electron chi connectivity index (χ0n) is 15.3. The molecule has 4 heterocycles. The molecule has 1 unspecified atom stereocenters. The molecule has 146 valence electrons. The molecule has 2 amide bonds. The van der Waals surface area contributed by atoms with Crippen molar-refractivity contribution >= 4 is 29.3 Å². The number of carbonyl (C=O) groups excluding carboxylic acids is 1. The molecule has 0 bridgehead atoms. The average Bonchev–Trinajstić information content (AvgIpc) is 2.61. The molecule has 2 fully saturated rings. The van der Waals surface area contributed by atoms with E-state index in [9.17, 15) is 9.18 Å². The van der Waals surface area contributed by atoms with E-state index in [0.717, 1.165) is 19.0 Å². The van der Waals surface area contributed by atoms with Gasteiger partial charge in [0.2, 0.25) is 5.95 Å². The largest absolute Gasteiger partial charge is 0.489 e. The minimum atomic E-state index is -0.562. The molecule has 9 heteroatoms. The number of rotatable bonds is 1. The van der Waals surface area contributed by atoms with E-state index in [1.54, 1.807) is 28.3 Å². The van der Waals surface area contributed by atoms with E-state index >= 15 is 0 Å². The number of benzene rings is 1. The van der Waals surface area contributed by atoms with Crippen molar-refractivity contribution in [2.45, 2.75) is 13.0 Å². The molecule has 0 saturated carbocycles. The van der Waals surface area contributed by atoms with Crippen LogP contribution in [0.3, 0.4) is 0 Å². The number of nitrogens with zero attached hydrogens (tertiary/aromatic N) is 5. The van der Waals surface area contributed by atoms with Gasteiger partial charge in [-0.2, -0.15) is 0 Å². The van der Waals surface area contributed by atoms with Gasteiger partial charge in [-0.1, -0.05) is 11.6 Å². The highest BCUT2D eigenvalue weighted by Crippen LogP contribution is 2.43. The van der Waals surface area contributed by atoms with E-state index in [4.69, 9.17) is 16.3 Å². The number of carbonyl (C=O) groups is 1. The minimum Gasteiger partial charge on any atom is -0.489 e. The third kappa shape index (κ3) is 2.66. The van der Waals surface area contributed by atoms with Crippen molar-refractivity contribution in [2.24, 2.45) is 5.41 Å². The number of fused-ring (bicyclic) bond motifs is 1. The minimum absolute atomic E-state index is 0.0127. The number of likely N-dealkylation sites (tertiary alicyclic amines) is 1. The van der Waals surface area contributed by atoms with Crippen molar-refractivity contribution in [3.63, 3.8) is 0 Å². The molecule has 3 aliphatic rings. The number of halogens is 2. The fourth-order valence-corrected chi connectivity index (χ4v) is 4.40. The Labute approximate surface area is 166 Å². The van der Waals surface area contributed by atoms with Crippen LogP contribution in [-0.4, -0.2) is 59.7 Å². The van der Waals surface area contributed by atoms with Crippen molar-refractivity contribution in [2.75, 3.05) is 42.6 Å². The Bertz CT molecular complexity index is 929. The molecule has 5 rings (SSSR count). The van der Waals surface area contributed by atoms with Crippen LogP contribution in [-0.2, 0) is 0 Å². The lowest BCUT2D eigenvalue weighted by Crippen LogP contribution is -2.74. The fraction of sp³-hybridized carbons (Fsp3) is 0.421. The summed E-state index contributed by atoms with van der Waals surface area (Å²) < 4.78 is 19.6. The first-order valence-corrected chi connectivity index (χ1v) is 9.56. The van der Waals surface area contributed by atoms with Crippen LogP contribution in [0.1, 0.15) is 6.92 Å². The number of amides is 2. The highest BCUT2D eigenvalue weighted by Gasteiger charge is 2.55. The number of hydrogen-bond donors (Lipinski definition) is 0. The Kier molecular flexibility index (Phi) is 3.87. The summed E-state index contributed by atoms with van der Waals surface area (Å²) in [6, 6.07) is 4.19. The van der Waals surface area contributed by atoms with Gasteiger partial charge in [0.1, 0.15) is 18.2 Å². The van der Waals surface area contributed by atoms with E-state index < -0.39 is 5.82 Å². The van der Waals surface area contributed by atoms with Crippen LogP contribution in [0.4, 0.5) is 20.8 Å². The number of hydrogen-bond acceptors (Lipinski definition) is 5. The summed E-state index contributed by atoms with van der Waals surface area (Å²) in [4.78, 5) is 27.2. The van der Waals surface area contributed by atoms with Crippen LogP contribution >= 0.6 is 11.6 Å². The van der Waals surface area contributed by atoms with Crippen molar-refractivity contribution in [1.29, 1.82) is 0 Å². The summed E-state index contributed by atoms with van der Waals surface area (Å²) in [5.74, 6) is 0.596. The maximum absolute atomic E-state index is 14.0. The molecule has 1 aromatic carbocycles. The second-order valence-electron chi connectivity index (χ2n) is 7.81. The molecule has 1 spiro atoms. The van der Waals surface area contributed by atoms with Gasteiger partial charge in [-0.25, -0.2) is 19.2 Å². The van der Waals surface area contributed by atoms with E-state index in [2.05, 4.69) is 14.9 Å². The topological polar surface area (TPSA) is 61.8 Å². The third-order valence-electron chi connectivity index (χ3n) is 5.60. The molecular weight excluding hydrogens is 385 g/mol. The van der Waals surface area contributed by atoms with Crippen molar-refractivity contribution in [3.8, 4) is 5.75 Å². The maximum Gasteiger partial charge on any atom is 0.325 e. The quantitative estimate of drug-likeness (QED) is 0.732. The van der Waals surface area contributed by atoms with Crippen molar-refractivity contribution in [1.82, 2.24) is 14.9 Å². The molecule has 7 nitrogen and oxygen atoms in total. The summed E-state index contributed by atoms with van der Waals surface area (Å²) >= 11 is 5.85. The number of anilines is 2. The van der Waals surface area contributed by atoms with E-state index in [-0.39, 0.29) is 22.5 Å². The van der Waals surface area contributed by atoms with Gasteiger partial charge < -0.3 is 14.5 Å². The highest BCUT2D eigenvalue weighted by atomic mass is 35.5. The third-order valence-corrected chi connectivity index (χ3v) is 5.89. The Morgan fingerprint density at radius 1 is 1.25 bits per heavy atom. The van der Waals surface area contributed by atoms with Crippen LogP contribution in [0.25, 0.3) is 0 Å². The van der Waals surface area contributed by atoms with Gasteiger partial charge in [0.25, 0.3) is 0 Å². The van der Waals surface area contributed by atoms with Gasteiger partial charge in [0, 0.05) is 56.1 Å². The molecule has 1 atom stereocenters. The smallest absolute Gasteiger partial charge is 0.325 e. The summed E-state index contributed by atoms with van der Waals surface area (Å²) in [7, 11) is 0. The van der Waals surface area contributed by atoms with Crippen LogP contribution in [0.5, 0.6) is 5.75 Å². The first-order chi connectivity index (χ1) is 13.5. The molecule has 0 radical (unpaired) electrons. The first kappa shape index (κ1) is 17.5. The average molecular weight is 404 g/mol. The second kappa shape index (κ2) is 6.20. The van der Waals surface area contributed by atoms with Crippen LogP contribution in [0.15, 0.2) is 30.6 Å². The maximum atomic E-state index is 14.0. The molecule has 0 aliphatic carbocycles. The highest BCUT2D eigenvalue weighted by molar-refractivity contribution is 6.31. The zero-order chi connectivity index (χ0) is 19.5. The standard InChI is InChI=1S/C19H19ClFN5O2/c1-12-7-28-16-5-13(20)14(21)6-15(16)26(12)18(27)25-10-19(11-25)8-24(9-19)17-22-3-2-4-23-17/h2-6,12H,7-11H2,1H3. The summed E-state index contributed by atoms with van der Waals surface area (Å²) in [5.41, 5.74) is 0.526. The van der Waals surface area contributed by atoms with Crippen LogP contribution in [0, 0.1) is 11.2 Å². The Morgan fingerprint density at radius 2 is 1.96 bits per heavy atom. The van der Waals surface area contributed by atoms with Gasteiger partial charge in [0.05, 0.1) is 16.8 Å². The predicted octanol–water partition coefficient (Wildman–Crippen LogP) is 2.80. The van der Waals surface area contributed by atoms with Gasteiger partial charge in [-0.3, -0.25) is 4.90 Å². The number of aromatic nitrogens is 2. The van der Waals surface area contributed by atoms with Crippen LogP contribution in [0.2, 0.25) is 5.02 Å². The Hall–Kier alpha value is -2.61. The second-order valence-corrected chi connectivity index (χ2v) is 8.21. The SMILES string of the molecule is CC1COc2cc(Cl)c(F)cc2N1C(=O)N1CC2(C1)CN(c1ncccn1)C2. The van der Waals surface area contributed by atoms with E-state index in [1.807, 2.05) is 6.92 Å². The van der Waals surface area contributed by atoms with Gasteiger partial charge in [-0.15, -0.1) is 0 Å². The molecule has 0 N–H and O–H groups in total. The van der Waals surface area contributed by atoms with E-state index in [0.29, 0.717) is 31.1 Å². The zero-order valence-corrected chi connectivity index (χ0v) is 16.1. The summed E-state index contributed by atoms with van der Waals surface area (Å²) in [5, 5.41) is -0.0127. The molecular formula is C19H19ClFN5O2. The summed E-state index contributed by atoms with van der Waals surface area (Å²) in [6.45, 7) is 5.25. The van der Waals surface area contributed by atoms with Crippen LogP contribution < -0.4 is 14.5 Å². The van der Waals surface area contributed by atoms with Gasteiger partial charge >= 0.3 is 6.03 Å². The monoisotopic (exact) mass is 403 g/mol. The van der Waals surface area contributed by atoms with E-state index in [1.165, 1.54) is 12.1 Å². The molecule has 1 aromatic heterocycles. The lowest BCUT2D eigenvalue weighted by atomic mass is 9.73. The van der Waals surface area contributed by atoms with Gasteiger partial charge in [0.15, 0.2) is 0 Å². The number of ether oxygens (including phenoxy) is 1. The number of urea groups is 1. The Balaban J connectivity index is 1.28. The molecule has 2 saturated heterocycles.